The summed E-state index contributed by atoms with van der Waals surface area (Å²) in [7, 11) is -3.12. The van der Waals surface area contributed by atoms with Crippen molar-refractivity contribution in [2.24, 2.45) is 0 Å². The Bertz CT molecular complexity index is 947. The van der Waals surface area contributed by atoms with Gasteiger partial charge in [0.25, 0.3) is 5.91 Å². The van der Waals surface area contributed by atoms with E-state index in [9.17, 15) is 18.0 Å². The number of thiazole rings is 1. The van der Waals surface area contributed by atoms with E-state index in [0.29, 0.717) is 11.4 Å². The number of carbonyl (C=O) groups is 2. The highest BCUT2D eigenvalue weighted by molar-refractivity contribution is 7.91. The Balaban J connectivity index is 1.50. The summed E-state index contributed by atoms with van der Waals surface area (Å²) in [6, 6.07) is 7.63. The molecule has 1 aliphatic rings. The largest absolute Gasteiger partial charge is 0.452 e. The molecule has 1 amide bonds. The molecule has 0 aliphatic carbocycles. The molecule has 0 radical (unpaired) electrons. The summed E-state index contributed by atoms with van der Waals surface area (Å²) in [4.78, 5) is 28.0. The molecule has 3 rings (SSSR count). The van der Waals surface area contributed by atoms with Crippen LogP contribution in [0.4, 0.5) is 0 Å². The van der Waals surface area contributed by atoms with Crippen LogP contribution in [0.25, 0.3) is 16.3 Å². The fourth-order valence-electron chi connectivity index (χ4n) is 2.77. The third-order valence-corrected chi connectivity index (χ3v) is 6.87. The molecule has 1 N–H and O–H groups in total. The Labute approximate surface area is 155 Å². The van der Waals surface area contributed by atoms with Gasteiger partial charge < -0.3 is 10.1 Å². The molecule has 2 aromatic rings. The molecule has 1 aromatic heterocycles. The van der Waals surface area contributed by atoms with E-state index in [2.05, 4.69) is 10.3 Å². The van der Waals surface area contributed by atoms with Gasteiger partial charge in [-0.15, -0.1) is 11.3 Å². The number of nitrogens with one attached hydrogen (secondary N) is 1. The molecule has 7 nitrogen and oxygen atoms in total. The van der Waals surface area contributed by atoms with Crippen LogP contribution in [0, 0.1) is 0 Å². The van der Waals surface area contributed by atoms with Crippen LogP contribution in [0.3, 0.4) is 0 Å². The van der Waals surface area contributed by atoms with Crippen molar-refractivity contribution in [3.8, 4) is 0 Å². The average Bonchev–Trinajstić information content (AvgIpc) is 3.10. The van der Waals surface area contributed by atoms with Crippen LogP contribution >= 0.6 is 11.3 Å². The lowest BCUT2D eigenvalue weighted by molar-refractivity contribution is -0.144. The van der Waals surface area contributed by atoms with Gasteiger partial charge >= 0.3 is 5.97 Å². The lowest BCUT2D eigenvalue weighted by Gasteiger charge is -2.23. The first-order chi connectivity index (χ1) is 12.2. The number of benzene rings is 1. The first kappa shape index (κ1) is 18.5. The van der Waals surface area contributed by atoms with E-state index >= 15 is 0 Å². The van der Waals surface area contributed by atoms with Gasteiger partial charge in [0.05, 0.1) is 27.3 Å². The molecule has 1 atom stereocenters. The summed E-state index contributed by atoms with van der Waals surface area (Å²) in [6.07, 6.45) is 3.11. The zero-order chi connectivity index (χ0) is 18.8. The number of amides is 1. The van der Waals surface area contributed by atoms with Crippen LogP contribution in [0.1, 0.15) is 18.4 Å². The molecule has 0 spiro atoms. The standard InChI is InChI=1S/C17H18N2O5S2/c1-17(8-9-26(22,23)11-17)19-14(20)10-24-16(21)7-6-15-18-12-4-2-3-5-13(12)25-15/h2-7H,8-11H2,1H3,(H,19,20)/b7-6+/t17-/m0/s1. The third-order valence-electron chi connectivity index (χ3n) is 3.96. The van der Waals surface area contributed by atoms with Crippen molar-refractivity contribution in [3.63, 3.8) is 0 Å². The SMILES string of the molecule is C[C@]1(NC(=O)COC(=O)/C=C/c2nc3ccccc3s2)CCS(=O)(=O)C1. The highest BCUT2D eigenvalue weighted by Gasteiger charge is 2.39. The van der Waals surface area contributed by atoms with Gasteiger partial charge in [0.1, 0.15) is 5.01 Å². The third kappa shape index (κ3) is 4.67. The lowest BCUT2D eigenvalue weighted by atomic mass is 10.0. The maximum atomic E-state index is 11.9. The van der Waals surface area contributed by atoms with Gasteiger partial charge in [-0.05, 0) is 31.6 Å². The minimum Gasteiger partial charge on any atom is -0.452 e. The van der Waals surface area contributed by atoms with Crippen molar-refractivity contribution >= 4 is 49.3 Å². The molecule has 138 valence electrons. The summed E-state index contributed by atoms with van der Waals surface area (Å²) in [5.74, 6) is -1.24. The number of aromatic nitrogens is 1. The zero-order valence-electron chi connectivity index (χ0n) is 14.1. The first-order valence-electron chi connectivity index (χ1n) is 7.97. The van der Waals surface area contributed by atoms with E-state index in [0.717, 1.165) is 10.2 Å². The van der Waals surface area contributed by atoms with Crippen LogP contribution in [-0.2, 0) is 24.2 Å². The quantitative estimate of drug-likeness (QED) is 0.610. The summed E-state index contributed by atoms with van der Waals surface area (Å²) in [5, 5.41) is 3.29. The predicted molar refractivity (Wildman–Crippen MR) is 99.4 cm³/mol. The molecule has 9 heteroatoms. The number of hydrogen-bond donors (Lipinski definition) is 1. The van der Waals surface area contributed by atoms with E-state index < -0.39 is 33.9 Å². The van der Waals surface area contributed by atoms with E-state index in [1.54, 1.807) is 6.92 Å². The number of carbonyl (C=O) groups excluding carboxylic acids is 2. The van der Waals surface area contributed by atoms with Crippen LogP contribution in [0.5, 0.6) is 0 Å². The number of sulfone groups is 1. The number of para-hydroxylation sites is 1. The highest BCUT2D eigenvalue weighted by atomic mass is 32.2. The van der Waals surface area contributed by atoms with Gasteiger partial charge in [-0.1, -0.05) is 12.1 Å². The molecule has 1 saturated heterocycles. The number of hydrogen-bond acceptors (Lipinski definition) is 7. The van der Waals surface area contributed by atoms with Crippen molar-refractivity contribution in [1.29, 1.82) is 0 Å². The molecule has 0 bridgehead atoms. The van der Waals surface area contributed by atoms with Crippen molar-refractivity contribution in [1.82, 2.24) is 10.3 Å². The first-order valence-corrected chi connectivity index (χ1v) is 10.6. The van der Waals surface area contributed by atoms with E-state index in [1.165, 1.54) is 23.5 Å². The highest BCUT2D eigenvalue weighted by Crippen LogP contribution is 2.23. The second-order valence-electron chi connectivity index (χ2n) is 6.41. The molecule has 2 heterocycles. The predicted octanol–water partition coefficient (Wildman–Crippen LogP) is 1.55. The summed E-state index contributed by atoms with van der Waals surface area (Å²) in [5.41, 5.74) is 0.0451. The van der Waals surface area contributed by atoms with Crippen molar-refractivity contribution < 1.29 is 22.7 Å². The van der Waals surface area contributed by atoms with Gasteiger partial charge in [0, 0.05) is 6.08 Å². The number of rotatable bonds is 5. The second-order valence-corrected chi connectivity index (χ2v) is 9.66. The molecule has 1 fully saturated rings. The molecular weight excluding hydrogens is 376 g/mol. The number of nitrogens with zero attached hydrogens (tertiary/aromatic N) is 1. The fraction of sp³-hybridized carbons (Fsp3) is 0.353. The second kappa shape index (κ2) is 7.16. The lowest BCUT2D eigenvalue weighted by Crippen LogP contribution is -2.48. The van der Waals surface area contributed by atoms with E-state index in [-0.39, 0.29) is 11.5 Å². The van der Waals surface area contributed by atoms with E-state index in [4.69, 9.17) is 4.74 Å². The molecule has 0 unspecified atom stereocenters. The topological polar surface area (TPSA) is 102 Å². The van der Waals surface area contributed by atoms with Gasteiger partial charge in [0.2, 0.25) is 0 Å². The van der Waals surface area contributed by atoms with Gasteiger partial charge in [-0.2, -0.15) is 0 Å². The number of esters is 1. The normalized spacial score (nSPS) is 21.9. The van der Waals surface area contributed by atoms with Crippen LogP contribution in [0.2, 0.25) is 0 Å². The zero-order valence-corrected chi connectivity index (χ0v) is 15.7. The van der Waals surface area contributed by atoms with Gasteiger partial charge in [-0.25, -0.2) is 18.2 Å². The Hall–Kier alpha value is -2.26. The fourth-order valence-corrected chi connectivity index (χ4v) is 5.73. The number of ether oxygens (including phenoxy) is 1. The summed E-state index contributed by atoms with van der Waals surface area (Å²) in [6.45, 7) is 1.21. The minimum absolute atomic E-state index is 0.0501. The Morgan fingerprint density at radius 1 is 1.38 bits per heavy atom. The minimum atomic E-state index is -3.12. The maximum absolute atomic E-state index is 11.9. The number of fused-ring (bicyclic) bond motifs is 1. The van der Waals surface area contributed by atoms with Crippen molar-refractivity contribution in [3.05, 3.63) is 35.3 Å². The monoisotopic (exact) mass is 394 g/mol. The summed E-state index contributed by atoms with van der Waals surface area (Å²) >= 11 is 1.44. The summed E-state index contributed by atoms with van der Waals surface area (Å²) < 4.78 is 29.0. The molecule has 1 aliphatic heterocycles. The van der Waals surface area contributed by atoms with Gasteiger partial charge in [-0.3, -0.25) is 4.79 Å². The Morgan fingerprint density at radius 3 is 2.85 bits per heavy atom. The van der Waals surface area contributed by atoms with Crippen LogP contribution in [0.15, 0.2) is 30.3 Å². The molecule has 0 saturated carbocycles. The Kier molecular flexibility index (Phi) is 5.10. The molecule has 26 heavy (non-hydrogen) atoms. The average molecular weight is 394 g/mol. The van der Waals surface area contributed by atoms with Crippen molar-refractivity contribution in [2.45, 2.75) is 18.9 Å². The molecular formula is C17H18N2O5S2. The smallest absolute Gasteiger partial charge is 0.331 e. The maximum Gasteiger partial charge on any atom is 0.331 e. The van der Waals surface area contributed by atoms with Gasteiger partial charge in [0.15, 0.2) is 16.4 Å². The van der Waals surface area contributed by atoms with Crippen LogP contribution < -0.4 is 5.32 Å². The van der Waals surface area contributed by atoms with E-state index in [1.807, 2.05) is 24.3 Å². The van der Waals surface area contributed by atoms with Crippen molar-refractivity contribution in [2.75, 3.05) is 18.1 Å². The van der Waals surface area contributed by atoms with Crippen LogP contribution in [-0.4, -0.2) is 48.9 Å². The Morgan fingerprint density at radius 2 is 2.15 bits per heavy atom. The molecule has 1 aromatic carbocycles.